The summed E-state index contributed by atoms with van der Waals surface area (Å²) in [6, 6.07) is 17.6. The van der Waals surface area contributed by atoms with Crippen LogP contribution in [-0.2, 0) is 13.1 Å². The molecule has 1 N–H and O–H groups in total. The summed E-state index contributed by atoms with van der Waals surface area (Å²) in [5, 5.41) is 6.02. The number of benzene rings is 2. The topological polar surface area (TPSA) is 17.0 Å². The van der Waals surface area contributed by atoms with Crippen molar-refractivity contribution in [1.82, 2.24) is 9.88 Å². The summed E-state index contributed by atoms with van der Waals surface area (Å²) < 4.78 is 2.41. The second-order valence-electron chi connectivity index (χ2n) is 7.47. The first-order valence-corrected chi connectivity index (χ1v) is 10.2. The zero-order valence-corrected chi connectivity index (χ0v) is 17.5. The maximum absolute atomic E-state index is 6.42. The average Bonchev–Trinajstić information content (AvgIpc) is 2.94. The summed E-state index contributed by atoms with van der Waals surface area (Å²) in [6.45, 7) is 4.01. The summed E-state index contributed by atoms with van der Waals surface area (Å²) in [5.74, 6) is 0. The number of nitrogens with zero attached hydrogens (tertiary/aromatic N) is 1. The van der Waals surface area contributed by atoms with E-state index in [1.807, 2.05) is 12.1 Å². The predicted molar refractivity (Wildman–Crippen MR) is 118 cm³/mol. The molecule has 144 valence electrons. The number of fused-ring (bicyclic) bond motifs is 1. The Labute approximate surface area is 173 Å². The predicted octanol–water partition coefficient (Wildman–Crippen LogP) is 6.50. The van der Waals surface area contributed by atoms with Gasteiger partial charge in [0.1, 0.15) is 0 Å². The quantitative estimate of drug-likeness (QED) is 0.515. The van der Waals surface area contributed by atoms with Crippen LogP contribution in [0.4, 0.5) is 0 Å². The molecule has 4 rings (SSSR count). The first-order chi connectivity index (χ1) is 12.7. The Morgan fingerprint density at radius 2 is 1.70 bits per heavy atom. The number of halogens is 2. The van der Waals surface area contributed by atoms with Gasteiger partial charge in [0.25, 0.3) is 0 Å². The van der Waals surface area contributed by atoms with Gasteiger partial charge in [-0.05, 0) is 43.0 Å². The molecule has 0 spiro atoms. The van der Waals surface area contributed by atoms with Gasteiger partial charge in [-0.3, -0.25) is 0 Å². The van der Waals surface area contributed by atoms with Crippen LogP contribution in [0.5, 0.6) is 0 Å². The molecule has 2 nitrogen and oxygen atoms in total. The van der Waals surface area contributed by atoms with Crippen molar-refractivity contribution in [3.05, 3.63) is 70.4 Å². The zero-order chi connectivity index (χ0) is 17.9. The molecule has 1 heterocycles. The normalized spacial score (nSPS) is 15.0. The first kappa shape index (κ1) is 20.3. The van der Waals surface area contributed by atoms with Crippen molar-refractivity contribution in [2.24, 2.45) is 0 Å². The fraction of sp³-hybridized carbons (Fsp3) is 0.391. The summed E-state index contributed by atoms with van der Waals surface area (Å²) in [5.41, 5.74) is 5.24. The van der Waals surface area contributed by atoms with Crippen molar-refractivity contribution in [3.8, 4) is 0 Å². The summed E-state index contributed by atoms with van der Waals surface area (Å²) in [6.07, 6.45) is 6.76. The number of hydrogen-bond donors (Lipinski definition) is 1. The van der Waals surface area contributed by atoms with E-state index in [-0.39, 0.29) is 12.4 Å². The monoisotopic (exact) mass is 402 g/mol. The van der Waals surface area contributed by atoms with Gasteiger partial charge in [-0.1, -0.05) is 67.3 Å². The van der Waals surface area contributed by atoms with E-state index in [4.69, 9.17) is 11.6 Å². The van der Waals surface area contributed by atoms with E-state index in [2.05, 4.69) is 53.2 Å². The highest BCUT2D eigenvalue weighted by Crippen LogP contribution is 2.29. The highest BCUT2D eigenvalue weighted by molar-refractivity contribution is 6.31. The fourth-order valence-electron chi connectivity index (χ4n) is 4.28. The third-order valence-electron chi connectivity index (χ3n) is 5.82. The highest BCUT2D eigenvalue weighted by atomic mass is 35.5. The molecular formula is C23H28Cl2N2. The van der Waals surface area contributed by atoms with Crippen molar-refractivity contribution >= 4 is 34.9 Å². The smallest absolute Gasteiger partial charge is 0.0493 e. The van der Waals surface area contributed by atoms with E-state index >= 15 is 0 Å². The Hall–Kier alpha value is -1.48. The third-order valence-corrected chi connectivity index (χ3v) is 6.19. The molecule has 1 aliphatic carbocycles. The van der Waals surface area contributed by atoms with Gasteiger partial charge in [-0.25, -0.2) is 0 Å². The molecule has 0 radical (unpaired) electrons. The van der Waals surface area contributed by atoms with Crippen LogP contribution in [0, 0.1) is 6.92 Å². The zero-order valence-electron chi connectivity index (χ0n) is 15.9. The fourth-order valence-corrected chi connectivity index (χ4v) is 4.48. The van der Waals surface area contributed by atoms with Crippen molar-refractivity contribution in [2.75, 3.05) is 0 Å². The molecule has 27 heavy (non-hydrogen) atoms. The summed E-state index contributed by atoms with van der Waals surface area (Å²) >= 11 is 6.42. The minimum Gasteiger partial charge on any atom is -0.340 e. The van der Waals surface area contributed by atoms with Crippen LogP contribution >= 0.6 is 24.0 Å². The standard InChI is InChI=1S/C23H27ClN2.ClH/c1-17-21(15-25-19-10-3-2-4-11-19)20-12-6-8-14-23(20)26(17)16-18-9-5-7-13-22(18)24;/h5-9,12-14,19,25H,2-4,10-11,15-16H2,1H3;1H. The van der Waals surface area contributed by atoms with Crippen LogP contribution in [0.25, 0.3) is 10.9 Å². The van der Waals surface area contributed by atoms with Crippen LogP contribution in [0.1, 0.15) is 48.9 Å². The molecule has 1 saturated carbocycles. The van der Waals surface area contributed by atoms with Gasteiger partial charge < -0.3 is 9.88 Å². The maximum atomic E-state index is 6.42. The lowest BCUT2D eigenvalue weighted by molar-refractivity contribution is 0.372. The molecule has 4 heteroatoms. The Morgan fingerprint density at radius 1 is 1.00 bits per heavy atom. The average molecular weight is 403 g/mol. The molecule has 1 fully saturated rings. The van der Waals surface area contributed by atoms with Gasteiger partial charge >= 0.3 is 0 Å². The lowest BCUT2D eigenvalue weighted by Gasteiger charge is -2.23. The molecule has 2 aromatic carbocycles. The Kier molecular flexibility index (Phi) is 6.86. The molecule has 1 aliphatic rings. The lowest BCUT2D eigenvalue weighted by atomic mass is 9.95. The maximum Gasteiger partial charge on any atom is 0.0493 e. The van der Waals surface area contributed by atoms with Gasteiger partial charge in [-0.15, -0.1) is 12.4 Å². The van der Waals surface area contributed by atoms with E-state index in [0.717, 1.165) is 18.1 Å². The van der Waals surface area contributed by atoms with Crippen LogP contribution in [0.3, 0.4) is 0 Å². The van der Waals surface area contributed by atoms with E-state index in [9.17, 15) is 0 Å². The highest BCUT2D eigenvalue weighted by Gasteiger charge is 2.17. The Balaban J connectivity index is 0.00000210. The van der Waals surface area contributed by atoms with Gasteiger partial charge in [0.05, 0.1) is 0 Å². The van der Waals surface area contributed by atoms with Crippen molar-refractivity contribution in [2.45, 2.75) is 58.2 Å². The Morgan fingerprint density at radius 3 is 2.48 bits per heavy atom. The van der Waals surface area contributed by atoms with Crippen molar-refractivity contribution < 1.29 is 0 Å². The molecule has 0 aliphatic heterocycles. The number of nitrogens with one attached hydrogen (secondary N) is 1. The Bertz CT molecular complexity index is 895. The minimum atomic E-state index is 0. The molecule has 0 saturated heterocycles. The van der Waals surface area contributed by atoms with Crippen LogP contribution in [0.15, 0.2) is 48.5 Å². The van der Waals surface area contributed by atoms with E-state index in [1.165, 1.54) is 59.8 Å². The second kappa shape index (κ2) is 9.14. The summed E-state index contributed by atoms with van der Waals surface area (Å²) in [4.78, 5) is 0. The van der Waals surface area contributed by atoms with Crippen LogP contribution in [-0.4, -0.2) is 10.6 Å². The van der Waals surface area contributed by atoms with E-state index < -0.39 is 0 Å². The molecule has 3 aromatic rings. The third kappa shape index (κ3) is 4.34. The SMILES string of the molecule is Cc1c(CNC2CCCCC2)c2ccccc2n1Cc1ccccc1Cl.Cl. The first-order valence-electron chi connectivity index (χ1n) is 9.77. The number of rotatable bonds is 5. The molecular weight excluding hydrogens is 375 g/mol. The number of para-hydroxylation sites is 1. The van der Waals surface area contributed by atoms with Gasteiger partial charge in [0.15, 0.2) is 0 Å². The van der Waals surface area contributed by atoms with Crippen LogP contribution < -0.4 is 5.32 Å². The van der Waals surface area contributed by atoms with Crippen molar-refractivity contribution in [1.29, 1.82) is 0 Å². The van der Waals surface area contributed by atoms with Gasteiger partial charge in [0.2, 0.25) is 0 Å². The molecule has 0 bridgehead atoms. The lowest BCUT2D eigenvalue weighted by Crippen LogP contribution is -2.30. The summed E-state index contributed by atoms with van der Waals surface area (Å²) in [7, 11) is 0. The second-order valence-corrected chi connectivity index (χ2v) is 7.88. The van der Waals surface area contributed by atoms with Crippen molar-refractivity contribution in [3.63, 3.8) is 0 Å². The molecule has 0 atom stereocenters. The molecule has 0 unspecified atom stereocenters. The van der Waals surface area contributed by atoms with E-state index in [0.29, 0.717) is 6.04 Å². The minimum absolute atomic E-state index is 0. The number of hydrogen-bond acceptors (Lipinski definition) is 1. The molecule has 0 amide bonds. The van der Waals surface area contributed by atoms with Gasteiger partial charge in [0, 0.05) is 40.8 Å². The number of aromatic nitrogens is 1. The largest absolute Gasteiger partial charge is 0.340 e. The van der Waals surface area contributed by atoms with Gasteiger partial charge in [-0.2, -0.15) is 0 Å². The van der Waals surface area contributed by atoms with E-state index in [1.54, 1.807) is 0 Å². The molecule has 1 aromatic heterocycles. The van der Waals surface area contributed by atoms with Crippen LogP contribution in [0.2, 0.25) is 5.02 Å².